The highest BCUT2D eigenvalue weighted by atomic mass is 32.2. The Hall–Kier alpha value is -3.10. The first-order valence-electron chi connectivity index (χ1n) is 9.83. The summed E-state index contributed by atoms with van der Waals surface area (Å²) in [6, 6.07) is 20.1. The lowest BCUT2D eigenvalue weighted by molar-refractivity contribution is -0.128. The average molecular weight is 449 g/mol. The fourth-order valence-electron chi connectivity index (χ4n) is 3.53. The Labute approximate surface area is 188 Å². The zero-order valence-electron chi connectivity index (χ0n) is 17.0. The molecule has 0 aliphatic carbocycles. The van der Waals surface area contributed by atoms with Gasteiger partial charge in [0.15, 0.2) is 5.82 Å². The second-order valence-electron chi connectivity index (χ2n) is 7.14. The van der Waals surface area contributed by atoms with Crippen molar-refractivity contribution in [2.24, 2.45) is 0 Å². The van der Waals surface area contributed by atoms with E-state index in [4.69, 9.17) is 4.74 Å². The van der Waals surface area contributed by atoms with Crippen molar-refractivity contribution in [1.29, 1.82) is 0 Å². The summed E-state index contributed by atoms with van der Waals surface area (Å²) in [5.74, 6) is 1.45. The molecular formula is C23H20N4O2S2. The normalized spacial score (nSPS) is 18.5. The zero-order chi connectivity index (χ0) is 21.4. The summed E-state index contributed by atoms with van der Waals surface area (Å²) in [6.07, 6.45) is 1.53. The van der Waals surface area contributed by atoms with Crippen molar-refractivity contribution in [2.45, 2.75) is 17.5 Å². The van der Waals surface area contributed by atoms with E-state index < -0.39 is 0 Å². The molecule has 4 aromatic rings. The van der Waals surface area contributed by atoms with Crippen LogP contribution >= 0.6 is 23.1 Å². The van der Waals surface area contributed by atoms with Crippen LogP contribution in [0.1, 0.15) is 17.9 Å². The van der Waals surface area contributed by atoms with E-state index in [1.54, 1.807) is 35.2 Å². The van der Waals surface area contributed by atoms with E-state index in [1.165, 1.54) is 6.33 Å². The summed E-state index contributed by atoms with van der Waals surface area (Å²) >= 11 is 3.22. The van der Waals surface area contributed by atoms with E-state index in [2.05, 4.69) is 33.6 Å². The first-order valence-corrected chi connectivity index (χ1v) is 11.6. The van der Waals surface area contributed by atoms with Crippen molar-refractivity contribution in [3.8, 4) is 16.2 Å². The molecule has 2 aromatic carbocycles. The van der Waals surface area contributed by atoms with Crippen molar-refractivity contribution >= 4 is 45.0 Å². The molecule has 1 aliphatic rings. The number of nitrogens with one attached hydrogen (secondary N) is 1. The molecule has 6 nitrogen and oxygen atoms in total. The summed E-state index contributed by atoms with van der Waals surface area (Å²) < 4.78 is 6.19. The van der Waals surface area contributed by atoms with Crippen molar-refractivity contribution < 1.29 is 9.53 Å². The van der Waals surface area contributed by atoms with E-state index >= 15 is 0 Å². The van der Waals surface area contributed by atoms with Gasteiger partial charge in [-0.2, -0.15) is 0 Å². The number of hydrogen-bond donors (Lipinski definition) is 1. The number of methoxy groups -OCH3 is 1. The van der Waals surface area contributed by atoms with Gasteiger partial charge < -0.3 is 4.74 Å². The number of benzene rings is 2. The van der Waals surface area contributed by atoms with Crippen LogP contribution in [0.25, 0.3) is 20.7 Å². The SMILES string of the molecule is COc1ccc(C2SC(C)C(=O)N2Nc2ncnc3cc(-c4ccccc4)sc23)cc1. The van der Waals surface area contributed by atoms with Gasteiger partial charge in [0, 0.05) is 4.88 Å². The minimum Gasteiger partial charge on any atom is -0.497 e. The second kappa shape index (κ2) is 8.20. The third kappa shape index (κ3) is 3.73. The number of nitrogens with zero attached hydrogens (tertiary/aromatic N) is 3. The van der Waals surface area contributed by atoms with Crippen LogP contribution in [-0.2, 0) is 4.79 Å². The van der Waals surface area contributed by atoms with Gasteiger partial charge in [-0.05, 0) is 36.2 Å². The molecule has 1 saturated heterocycles. The largest absolute Gasteiger partial charge is 0.497 e. The number of amides is 1. The number of hydrazine groups is 1. The number of anilines is 1. The van der Waals surface area contributed by atoms with Crippen LogP contribution in [0.3, 0.4) is 0 Å². The maximum absolute atomic E-state index is 13.0. The number of thiophene rings is 1. The molecule has 5 rings (SSSR count). The third-order valence-corrected chi connectivity index (χ3v) is 7.68. The second-order valence-corrected chi connectivity index (χ2v) is 9.62. The lowest BCUT2D eigenvalue weighted by atomic mass is 10.2. The van der Waals surface area contributed by atoms with Gasteiger partial charge >= 0.3 is 0 Å². The zero-order valence-corrected chi connectivity index (χ0v) is 18.6. The lowest BCUT2D eigenvalue weighted by Crippen LogP contribution is -2.35. The number of hydrogen-bond acceptors (Lipinski definition) is 7. The minimum atomic E-state index is -0.160. The van der Waals surface area contributed by atoms with Gasteiger partial charge in [0.25, 0.3) is 5.91 Å². The predicted octanol–water partition coefficient (Wildman–Crippen LogP) is 5.36. The lowest BCUT2D eigenvalue weighted by Gasteiger charge is -2.25. The Morgan fingerprint density at radius 2 is 1.84 bits per heavy atom. The monoisotopic (exact) mass is 448 g/mol. The van der Waals surface area contributed by atoms with Crippen molar-refractivity contribution in [1.82, 2.24) is 15.0 Å². The van der Waals surface area contributed by atoms with Gasteiger partial charge in [-0.15, -0.1) is 23.1 Å². The van der Waals surface area contributed by atoms with Crippen LogP contribution in [0.15, 0.2) is 67.0 Å². The van der Waals surface area contributed by atoms with E-state index in [-0.39, 0.29) is 16.5 Å². The van der Waals surface area contributed by atoms with E-state index in [0.29, 0.717) is 5.82 Å². The van der Waals surface area contributed by atoms with Crippen LogP contribution in [0.2, 0.25) is 0 Å². The summed E-state index contributed by atoms with van der Waals surface area (Å²) in [7, 11) is 1.64. The van der Waals surface area contributed by atoms with Crippen molar-refractivity contribution in [3.05, 3.63) is 72.6 Å². The average Bonchev–Trinajstić information content (AvgIpc) is 3.37. The molecule has 2 atom stereocenters. The third-order valence-electron chi connectivity index (χ3n) is 5.15. The number of ether oxygens (including phenoxy) is 1. The van der Waals surface area contributed by atoms with Gasteiger partial charge in [0.05, 0.1) is 22.6 Å². The number of rotatable bonds is 5. The fraction of sp³-hybridized carbons (Fsp3) is 0.174. The summed E-state index contributed by atoms with van der Waals surface area (Å²) in [5.41, 5.74) is 6.31. The maximum Gasteiger partial charge on any atom is 0.255 e. The van der Waals surface area contributed by atoms with Gasteiger partial charge in [0.2, 0.25) is 0 Å². The van der Waals surface area contributed by atoms with Crippen LogP contribution in [0, 0.1) is 0 Å². The Kier molecular flexibility index (Phi) is 5.25. The Morgan fingerprint density at radius 3 is 2.58 bits per heavy atom. The first-order chi connectivity index (χ1) is 15.1. The molecule has 0 saturated carbocycles. The molecule has 0 spiro atoms. The molecule has 3 heterocycles. The molecule has 156 valence electrons. The molecule has 2 unspecified atom stereocenters. The summed E-state index contributed by atoms with van der Waals surface area (Å²) in [6.45, 7) is 1.93. The topological polar surface area (TPSA) is 67.3 Å². The Bertz CT molecular complexity index is 1230. The quantitative estimate of drug-likeness (QED) is 0.444. The fourth-order valence-corrected chi connectivity index (χ4v) is 5.79. The van der Waals surface area contributed by atoms with E-state index in [1.807, 2.05) is 49.4 Å². The number of carbonyl (C=O) groups excluding carboxylic acids is 1. The van der Waals surface area contributed by atoms with Crippen molar-refractivity contribution in [2.75, 3.05) is 12.5 Å². The van der Waals surface area contributed by atoms with Crippen LogP contribution in [0.4, 0.5) is 5.82 Å². The maximum atomic E-state index is 13.0. The molecule has 0 bridgehead atoms. The number of thioether (sulfide) groups is 1. The predicted molar refractivity (Wildman–Crippen MR) is 126 cm³/mol. The molecule has 0 radical (unpaired) electrons. The highest BCUT2D eigenvalue weighted by molar-refractivity contribution is 8.01. The number of fused-ring (bicyclic) bond motifs is 1. The molecule has 31 heavy (non-hydrogen) atoms. The standard InChI is InChI=1S/C23H20N4O2S2/c1-14-22(28)27(23(30-14)16-8-10-17(29-2)11-9-16)26-21-20-18(24-13-25-21)12-19(31-20)15-6-4-3-5-7-15/h3-14,23H,1-2H3,(H,24,25,26). The molecule has 1 aliphatic heterocycles. The van der Waals surface area contributed by atoms with Crippen LogP contribution < -0.4 is 10.2 Å². The van der Waals surface area contributed by atoms with Gasteiger partial charge in [0.1, 0.15) is 17.5 Å². The molecule has 1 amide bonds. The molecular weight excluding hydrogens is 428 g/mol. The molecule has 1 fully saturated rings. The molecule has 2 aromatic heterocycles. The van der Waals surface area contributed by atoms with Crippen LogP contribution in [0.5, 0.6) is 5.75 Å². The Balaban J connectivity index is 1.49. The number of carbonyl (C=O) groups is 1. The summed E-state index contributed by atoms with van der Waals surface area (Å²) in [4.78, 5) is 23.0. The van der Waals surface area contributed by atoms with Gasteiger partial charge in [-0.1, -0.05) is 42.5 Å². The van der Waals surface area contributed by atoms with E-state index in [9.17, 15) is 4.79 Å². The number of aromatic nitrogens is 2. The van der Waals surface area contributed by atoms with Crippen molar-refractivity contribution in [3.63, 3.8) is 0 Å². The van der Waals surface area contributed by atoms with Gasteiger partial charge in [-0.3, -0.25) is 10.2 Å². The highest BCUT2D eigenvalue weighted by Gasteiger charge is 2.39. The molecule has 8 heteroatoms. The van der Waals surface area contributed by atoms with Crippen LogP contribution in [-0.4, -0.2) is 33.2 Å². The smallest absolute Gasteiger partial charge is 0.255 e. The highest BCUT2D eigenvalue weighted by Crippen LogP contribution is 2.44. The molecule has 1 N–H and O–H groups in total. The Morgan fingerprint density at radius 1 is 1.06 bits per heavy atom. The minimum absolute atomic E-state index is 0.0254. The summed E-state index contributed by atoms with van der Waals surface area (Å²) in [5, 5.41) is 1.37. The first kappa shape index (κ1) is 19.8. The van der Waals surface area contributed by atoms with E-state index in [0.717, 1.165) is 32.0 Å². The van der Waals surface area contributed by atoms with Gasteiger partial charge in [-0.25, -0.2) is 15.0 Å².